The first-order valence-corrected chi connectivity index (χ1v) is 7.98. The van der Waals surface area contributed by atoms with Crippen LogP contribution >= 0.6 is 0 Å². The molecule has 1 aromatic carbocycles. The third-order valence-electron chi connectivity index (χ3n) is 4.47. The van der Waals surface area contributed by atoms with E-state index in [1.807, 2.05) is 6.07 Å². The maximum atomic E-state index is 12.4. The van der Waals surface area contributed by atoms with Gasteiger partial charge in [0.25, 0.3) is 5.56 Å². The van der Waals surface area contributed by atoms with Gasteiger partial charge in [-0.25, -0.2) is 4.98 Å². The quantitative estimate of drug-likeness (QED) is 0.907. The summed E-state index contributed by atoms with van der Waals surface area (Å²) in [5, 5.41) is 9.32. The molecule has 1 N–H and O–H groups in total. The lowest BCUT2D eigenvalue weighted by Crippen LogP contribution is -2.41. The molecule has 7 nitrogen and oxygen atoms in total. The molecule has 0 saturated carbocycles. The molecule has 1 amide bonds. The number of hydrogen-bond donors (Lipinski definition) is 1. The monoisotopic (exact) mass is 329 g/mol. The van der Waals surface area contributed by atoms with Crippen molar-refractivity contribution in [2.45, 2.75) is 25.8 Å². The zero-order chi connectivity index (χ0) is 17.1. The van der Waals surface area contributed by atoms with Crippen molar-refractivity contribution in [1.29, 1.82) is 0 Å². The molecule has 0 radical (unpaired) electrons. The molecule has 1 fully saturated rings. The molecule has 0 spiro atoms. The number of amides is 1. The zero-order valence-electron chi connectivity index (χ0n) is 13.2. The second-order valence-electron chi connectivity index (χ2n) is 6.12. The third kappa shape index (κ3) is 3.45. The van der Waals surface area contributed by atoms with Crippen LogP contribution in [0.4, 0.5) is 0 Å². The third-order valence-corrected chi connectivity index (χ3v) is 4.47. The lowest BCUT2D eigenvalue weighted by molar-refractivity contribution is -0.138. The Kier molecular flexibility index (Phi) is 4.59. The van der Waals surface area contributed by atoms with Gasteiger partial charge in [0, 0.05) is 19.5 Å². The van der Waals surface area contributed by atoms with Gasteiger partial charge < -0.3 is 10.0 Å². The van der Waals surface area contributed by atoms with Crippen LogP contribution in [-0.4, -0.2) is 44.5 Å². The van der Waals surface area contributed by atoms with Crippen LogP contribution in [0, 0.1) is 5.92 Å². The molecule has 0 atom stereocenters. The summed E-state index contributed by atoms with van der Waals surface area (Å²) in [5.74, 6) is -0.812. The van der Waals surface area contributed by atoms with Crippen LogP contribution in [0.5, 0.6) is 0 Å². The average molecular weight is 329 g/mol. The van der Waals surface area contributed by atoms with E-state index >= 15 is 0 Å². The van der Waals surface area contributed by atoms with Crippen molar-refractivity contribution in [2.75, 3.05) is 13.1 Å². The second kappa shape index (κ2) is 6.82. The number of aliphatic carboxylic acids is 1. The first kappa shape index (κ1) is 16.2. The van der Waals surface area contributed by atoms with E-state index in [1.54, 1.807) is 23.1 Å². The van der Waals surface area contributed by atoms with Crippen molar-refractivity contribution in [2.24, 2.45) is 5.92 Å². The summed E-state index contributed by atoms with van der Waals surface area (Å²) in [4.78, 5) is 41.5. The van der Waals surface area contributed by atoms with Crippen molar-refractivity contribution < 1.29 is 14.7 Å². The van der Waals surface area contributed by atoms with Crippen LogP contribution in [0.3, 0.4) is 0 Å². The highest BCUT2D eigenvalue weighted by Gasteiger charge is 2.24. The molecule has 1 aliphatic rings. The van der Waals surface area contributed by atoms with Gasteiger partial charge in [-0.3, -0.25) is 19.0 Å². The van der Waals surface area contributed by atoms with Crippen LogP contribution in [0.2, 0.25) is 0 Å². The molecule has 7 heteroatoms. The minimum absolute atomic E-state index is 0.0414. The Bertz CT molecular complexity index is 822. The topological polar surface area (TPSA) is 92.5 Å². The van der Waals surface area contributed by atoms with Gasteiger partial charge >= 0.3 is 5.97 Å². The predicted molar refractivity (Wildman–Crippen MR) is 87.6 cm³/mol. The molecule has 2 heterocycles. The lowest BCUT2D eigenvalue weighted by Gasteiger charge is -2.31. The molecule has 2 aromatic rings. The first-order chi connectivity index (χ1) is 11.5. The minimum atomic E-state index is -0.798. The summed E-state index contributed by atoms with van der Waals surface area (Å²) in [6.45, 7) is 1.03. The maximum Gasteiger partial charge on any atom is 0.303 e. The van der Waals surface area contributed by atoms with E-state index in [0.29, 0.717) is 36.8 Å². The molecular formula is C17H19N3O4. The van der Waals surface area contributed by atoms with Gasteiger partial charge in [-0.15, -0.1) is 0 Å². The summed E-state index contributed by atoms with van der Waals surface area (Å²) in [7, 11) is 0. The number of likely N-dealkylation sites (tertiary alicyclic amines) is 1. The Balaban J connectivity index is 1.67. The normalized spacial score (nSPS) is 15.6. The molecule has 3 rings (SSSR count). The van der Waals surface area contributed by atoms with Gasteiger partial charge in [-0.2, -0.15) is 0 Å². The molecule has 126 valence electrons. The van der Waals surface area contributed by atoms with E-state index in [-0.39, 0.29) is 30.3 Å². The Morgan fingerprint density at radius 2 is 1.92 bits per heavy atom. The number of rotatable bonds is 4. The van der Waals surface area contributed by atoms with Crippen LogP contribution in [-0.2, 0) is 16.1 Å². The second-order valence-corrected chi connectivity index (χ2v) is 6.12. The highest BCUT2D eigenvalue weighted by atomic mass is 16.4. The molecule has 24 heavy (non-hydrogen) atoms. The van der Waals surface area contributed by atoms with Crippen LogP contribution in [0.1, 0.15) is 19.3 Å². The molecular weight excluding hydrogens is 310 g/mol. The number of nitrogens with zero attached hydrogens (tertiary/aromatic N) is 3. The highest BCUT2D eigenvalue weighted by Crippen LogP contribution is 2.20. The number of carbonyl (C=O) groups is 2. The number of fused-ring (bicyclic) bond motifs is 1. The van der Waals surface area contributed by atoms with Gasteiger partial charge in [0.15, 0.2) is 0 Å². The number of aromatic nitrogens is 2. The van der Waals surface area contributed by atoms with Gasteiger partial charge in [0.2, 0.25) is 5.91 Å². The predicted octanol–water partition coefficient (Wildman–Crippen LogP) is 1.11. The van der Waals surface area contributed by atoms with E-state index < -0.39 is 5.97 Å². The zero-order valence-corrected chi connectivity index (χ0v) is 13.2. The summed E-state index contributed by atoms with van der Waals surface area (Å²) < 4.78 is 1.33. The fourth-order valence-electron chi connectivity index (χ4n) is 3.10. The van der Waals surface area contributed by atoms with E-state index in [9.17, 15) is 14.4 Å². The standard InChI is InChI=1S/C17H19N3O4/c21-15(19-7-5-12(6-8-19)9-16(22)23)10-20-11-18-14-4-2-1-3-13(14)17(20)24/h1-4,11-12H,5-10H2,(H,22,23). The van der Waals surface area contributed by atoms with E-state index in [2.05, 4.69) is 4.98 Å². The number of hydrogen-bond acceptors (Lipinski definition) is 4. The number of benzene rings is 1. The maximum absolute atomic E-state index is 12.4. The van der Waals surface area contributed by atoms with Crippen molar-refractivity contribution in [1.82, 2.24) is 14.5 Å². The number of carbonyl (C=O) groups excluding carboxylic acids is 1. The average Bonchev–Trinajstić information content (AvgIpc) is 2.57. The molecule has 1 saturated heterocycles. The van der Waals surface area contributed by atoms with Crippen molar-refractivity contribution in [3.8, 4) is 0 Å². The highest BCUT2D eigenvalue weighted by molar-refractivity contribution is 5.79. The number of piperidine rings is 1. The number of para-hydroxylation sites is 1. The van der Waals surface area contributed by atoms with Crippen LogP contribution < -0.4 is 5.56 Å². The Morgan fingerprint density at radius 3 is 2.62 bits per heavy atom. The lowest BCUT2D eigenvalue weighted by atomic mass is 9.93. The van der Waals surface area contributed by atoms with Gasteiger partial charge in [-0.1, -0.05) is 12.1 Å². The van der Waals surface area contributed by atoms with Gasteiger partial charge in [-0.05, 0) is 30.9 Å². The fraction of sp³-hybridized carbons (Fsp3) is 0.412. The van der Waals surface area contributed by atoms with Gasteiger partial charge in [0.05, 0.1) is 17.2 Å². The van der Waals surface area contributed by atoms with Gasteiger partial charge in [0.1, 0.15) is 6.54 Å². The minimum Gasteiger partial charge on any atom is -0.481 e. The summed E-state index contributed by atoms with van der Waals surface area (Å²) in [5.41, 5.74) is 0.385. The van der Waals surface area contributed by atoms with Crippen molar-refractivity contribution >= 4 is 22.8 Å². The number of carboxylic acids is 1. The molecule has 1 aliphatic heterocycles. The fourth-order valence-corrected chi connectivity index (χ4v) is 3.10. The molecule has 0 bridgehead atoms. The van der Waals surface area contributed by atoms with E-state index in [0.717, 1.165) is 0 Å². The Labute approximate surface area is 138 Å². The van der Waals surface area contributed by atoms with Crippen LogP contribution in [0.25, 0.3) is 10.9 Å². The summed E-state index contributed by atoms with van der Waals surface area (Å²) in [6.07, 6.45) is 2.92. The summed E-state index contributed by atoms with van der Waals surface area (Å²) in [6, 6.07) is 7.04. The van der Waals surface area contributed by atoms with E-state index in [1.165, 1.54) is 10.9 Å². The summed E-state index contributed by atoms with van der Waals surface area (Å²) >= 11 is 0. The van der Waals surface area contributed by atoms with Crippen LogP contribution in [0.15, 0.2) is 35.4 Å². The number of carboxylic acid groups (broad SMARTS) is 1. The van der Waals surface area contributed by atoms with Crippen molar-refractivity contribution in [3.05, 3.63) is 40.9 Å². The SMILES string of the molecule is O=C(O)CC1CCN(C(=O)Cn2cnc3ccccc3c2=O)CC1. The molecule has 1 aromatic heterocycles. The Hall–Kier alpha value is -2.70. The largest absolute Gasteiger partial charge is 0.481 e. The Morgan fingerprint density at radius 1 is 1.21 bits per heavy atom. The van der Waals surface area contributed by atoms with Crippen molar-refractivity contribution in [3.63, 3.8) is 0 Å². The first-order valence-electron chi connectivity index (χ1n) is 7.98. The van der Waals surface area contributed by atoms with E-state index in [4.69, 9.17) is 5.11 Å². The molecule has 0 aliphatic carbocycles. The smallest absolute Gasteiger partial charge is 0.303 e. The molecule has 0 unspecified atom stereocenters.